The molecule has 0 bridgehead atoms. The third-order valence-electron chi connectivity index (χ3n) is 2.97. The van der Waals surface area contributed by atoms with Crippen LogP contribution in [0, 0.1) is 6.92 Å². The number of benzene rings is 2. The normalized spacial score (nSPS) is 10.0. The lowest BCUT2D eigenvalue weighted by Crippen LogP contribution is -2.03. The summed E-state index contributed by atoms with van der Waals surface area (Å²) in [4.78, 5) is 11.4. The van der Waals surface area contributed by atoms with Crippen LogP contribution >= 0.6 is 0 Å². The molecule has 0 radical (unpaired) electrons. The highest BCUT2D eigenvalue weighted by molar-refractivity contribution is 5.90. The van der Waals surface area contributed by atoms with Crippen LogP contribution in [0.4, 0.5) is 5.69 Å². The minimum Gasteiger partial charge on any atom is -0.493 e. The predicted octanol–water partition coefficient (Wildman–Crippen LogP) is 3.16. The standard InChI is InChI=1S/C16H17NO4/c1-10-4-6-14(15(8-10)19-2)21-13-7-5-11(9-12(13)17)16(18)20-3/h4-9H,17H2,1-3H3. The van der Waals surface area contributed by atoms with Crippen molar-refractivity contribution in [2.24, 2.45) is 0 Å². The second kappa shape index (κ2) is 6.17. The summed E-state index contributed by atoms with van der Waals surface area (Å²) in [5, 5.41) is 0. The molecule has 0 atom stereocenters. The first kappa shape index (κ1) is 14.7. The highest BCUT2D eigenvalue weighted by atomic mass is 16.5. The van der Waals surface area contributed by atoms with E-state index in [1.54, 1.807) is 19.2 Å². The zero-order chi connectivity index (χ0) is 15.4. The topological polar surface area (TPSA) is 70.8 Å². The zero-order valence-electron chi connectivity index (χ0n) is 12.2. The van der Waals surface area contributed by atoms with Crippen LogP contribution in [0.15, 0.2) is 36.4 Å². The maximum Gasteiger partial charge on any atom is 0.337 e. The molecule has 0 saturated carbocycles. The van der Waals surface area contributed by atoms with Gasteiger partial charge in [0, 0.05) is 0 Å². The summed E-state index contributed by atoms with van der Waals surface area (Å²) in [6.07, 6.45) is 0. The monoisotopic (exact) mass is 287 g/mol. The van der Waals surface area contributed by atoms with Gasteiger partial charge in [0.1, 0.15) is 0 Å². The van der Waals surface area contributed by atoms with Crippen molar-refractivity contribution < 1.29 is 19.0 Å². The number of hydrogen-bond acceptors (Lipinski definition) is 5. The van der Waals surface area contributed by atoms with Gasteiger partial charge in [-0.25, -0.2) is 4.79 Å². The molecule has 2 rings (SSSR count). The first-order chi connectivity index (χ1) is 10.0. The fourth-order valence-electron chi connectivity index (χ4n) is 1.86. The molecule has 0 aliphatic rings. The number of methoxy groups -OCH3 is 2. The zero-order valence-corrected chi connectivity index (χ0v) is 12.2. The van der Waals surface area contributed by atoms with E-state index in [2.05, 4.69) is 4.74 Å². The van der Waals surface area contributed by atoms with Gasteiger partial charge < -0.3 is 19.9 Å². The Morgan fingerprint density at radius 1 is 1.00 bits per heavy atom. The van der Waals surface area contributed by atoms with Crippen molar-refractivity contribution in [2.75, 3.05) is 20.0 Å². The summed E-state index contributed by atoms with van der Waals surface area (Å²) < 4.78 is 15.7. The van der Waals surface area contributed by atoms with Gasteiger partial charge in [-0.05, 0) is 42.8 Å². The quantitative estimate of drug-likeness (QED) is 0.691. The molecule has 5 nitrogen and oxygen atoms in total. The maximum atomic E-state index is 11.4. The van der Waals surface area contributed by atoms with Crippen molar-refractivity contribution in [1.82, 2.24) is 0 Å². The van der Waals surface area contributed by atoms with Gasteiger partial charge in [-0.1, -0.05) is 6.07 Å². The second-order valence-electron chi connectivity index (χ2n) is 4.50. The van der Waals surface area contributed by atoms with Crippen LogP contribution in [0.25, 0.3) is 0 Å². The lowest BCUT2D eigenvalue weighted by molar-refractivity contribution is 0.0601. The van der Waals surface area contributed by atoms with Crippen molar-refractivity contribution in [3.63, 3.8) is 0 Å². The molecular weight excluding hydrogens is 270 g/mol. The number of carbonyl (C=O) groups excluding carboxylic acids is 1. The Morgan fingerprint density at radius 2 is 1.71 bits per heavy atom. The summed E-state index contributed by atoms with van der Waals surface area (Å²) in [5.74, 6) is 1.18. The van der Waals surface area contributed by atoms with Gasteiger partial charge in [0.15, 0.2) is 17.2 Å². The van der Waals surface area contributed by atoms with E-state index in [-0.39, 0.29) is 0 Å². The van der Waals surface area contributed by atoms with Crippen molar-refractivity contribution >= 4 is 11.7 Å². The summed E-state index contributed by atoms with van der Waals surface area (Å²) in [7, 11) is 2.89. The van der Waals surface area contributed by atoms with Gasteiger partial charge in [0.05, 0.1) is 25.5 Å². The van der Waals surface area contributed by atoms with Crippen LogP contribution in [0.3, 0.4) is 0 Å². The Balaban J connectivity index is 2.30. The van der Waals surface area contributed by atoms with Gasteiger partial charge >= 0.3 is 5.97 Å². The number of nitrogen functional groups attached to an aromatic ring is 1. The van der Waals surface area contributed by atoms with Crippen molar-refractivity contribution in [1.29, 1.82) is 0 Å². The number of rotatable bonds is 4. The highest BCUT2D eigenvalue weighted by Crippen LogP contribution is 2.35. The fourth-order valence-corrected chi connectivity index (χ4v) is 1.86. The van der Waals surface area contributed by atoms with Crippen LogP contribution in [0.1, 0.15) is 15.9 Å². The average Bonchev–Trinajstić information content (AvgIpc) is 2.49. The molecular formula is C16H17NO4. The Hall–Kier alpha value is -2.69. The van der Waals surface area contributed by atoms with E-state index in [4.69, 9.17) is 15.2 Å². The number of aryl methyl sites for hydroxylation is 1. The fraction of sp³-hybridized carbons (Fsp3) is 0.188. The van der Waals surface area contributed by atoms with E-state index in [1.807, 2.05) is 25.1 Å². The van der Waals surface area contributed by atoms with Crippen LogP contribution in [-0.2, 0) is 4.74 Å². The lowest BCUT2D eigenvalue weighted by atomic mass is 10.2. The smallest absolute Gasteiger partial charge is 0.337 e. The molecule has 0 unspecified atom stereocenters. The second-order valence-corrected chi connectivity index (χ2v) is 4.50. The molecule has 0 spiro atoms. The van der Waals surface area contributed by atoms with Crippen molar-refractivity contribution in [3.05, 3.63) is 47.5 Å². The largest absolute Gasteiger partial charge is 0.493 e. The van der Waals surface area contributed by atoms with Crippen molar-refractivity contribution in [3.8, 4) is 17.2 Å². The third-order valence-corrected chi connectivity index (χ3v) is 2.97. The minimum absolute atomic E-state index is 0.348. The SMILES string of the molecule is COC(=O)c1ccc(Oc2ccc(C)cc2OC)c(N)c1. The number of carbonyl (C=O) groups is 1. The Morgan fingerprint density at radius 3 is 2.33 bits per heavy atom. The molecule has 0 aromatic heterocycles. The molecule has 110 valence electrons. The molecule has 5 heteroatoms. The summed E-state index contributed by atoms with van der Waals surface area (Å²) in [6.45, 7) is 1.96. The van der Waals surface area contributed by atoms with Crippen LogP contribution in [0.5, 0.6) is 17.2 Å². The molecule has 2 N–H and O–H groups in total. The summed E-state index contributed by atoms with van der Waals surface area (Å²) in [5.41, 5.74) is 7.69. The van der Waals surface area contributed by atoms with E-state index in [1.165, 1.54) is 13.2 Å². The van der Waals surface area contributed by atoms with Crippen LogP contribution in [-0.4, -0.2) is 20.2 Å². The van der Waals surface area contributed by atoms with E-state index < -0.39 is 5.97 Å². The molecule has 2 aromatic rings. The number of anilines is 1. The van der Waals surface area contributed by atoms with E-state index >= 15 is 0 Å². The van der Waals surface area contributed by atoms with Gasteiger partial charge in [-0.15, -0.1) is 0 Å². The maximum absolute atomic E-state index is 11.4. The Kier molecular flexibility index (Phi) is 4.33. The first-order valence-electron chi connectivity index (χ1n) is 6.35. The highest BCUT2D eigenvalue weighted by Gasteiger charge is 2.11. The van der Waals surface area contributed by atoms with Gasteiger partial charge in [0.2, 0.25) is 0 Å². The molecule has 0 aliphatic heterocycles. The summed E-state index contributed by atoms with van der Waals surface area (Å²) in [6, 6.07) is 10.3. The van der Waals surface area contributed by atoms with Gasteiger partial charge in [-0.2, -0.15) is 0 Å². The van der Waals surface area contributed by atoms with Crippen molar-refractivity contribution in [2.45, 2.75) is 6.92 Å². The number of esters is 1. The predicted molar refractivity (Wildman–Crippen MR) is 80.0 cm³/mol. The molecule has 0 saturated heterocycles. The third kappa shape index (κ3) is 3.25. The Labute approximate surface area is 123 Å². The lowest BCUT2D eigenvalue weighted by Gasteiger charge is -2.13. The van der Waals surface area contributed by atoms with Gasteiger partial charge in [0.25, 0.3) is 0 Å². The molecule has 0 fully saturated rings. The first-order valence-corrected chi connectivity index (χ1v) is 6.35. The van der Waals surface area contributed by atoms with E-state index in [0.29, 0.717) is 28.5 Å². The molecule has 0 heterocycles. The minimum atomic E-state index is -0.443. The van der Waals surface area contributed by atoms with E-state index in [0.717, 1.165) is 5.56 Å². The van der Waals surface area contributed by atoms with Crippen LogP contribution in [0.2, 0.25) is 0 Å². The average molecular weight is 287 g/mol. The number of ether oxygens (including phenoxy) is 3. The Bertz CT molecular complexity index is 667. The van der Waals surface area contributed by atoms with E-state index in [9.17, 15) is 4.79 Å². The van der Waals surface area contributed by atoms with Gasteiger partial charge in [-0.3, -0.25) is 0 Å². The summed E-state index contributed by atoms with van der Waals surface area (Å²) >= 11 is 0. The molecule has 2 aromatic carbocycles. The number of hydrogen-bond donors (Lipinski definition) is 1. The number of nitrogens with two attached hydrogens (primary N) is 1. The molecule has 0 aliphatic carbocycles. The molecule has 0 amide bonds. The molecule has 21 heavy (non-hydrogen) atoms. The van der Waals surface area contributed by atoms with Crippen LogP contribution < -0.4 is 15.2 Å².